The van der Waals surface area contributed by atoms with Gasteiger partial charge in [0.2, 0.25) is 21.1 Å². The number of nitrogens with two attached hydrogens (primary N) is 1. The van der Waals surface area contributed by atoms with Crippen molar-refractivity contribution < 1.29 is 13.2 Å². The third-order valence-corrected chi connectivity index (χ3v) is 7.80. The van der Waals surface area contributed by atoms with Crippen molar-refractivity contribution in [2.75, 3.05) is 24.7 Å². The van der Waals surface area contributed by atoms with Crippen LogP contribution in [-0.4, -0.2) is 69.3 Å². The molecule has 0 atom stereocenters. The summed E-state index contributed by atoms with van der Waals surface area (Å²) in [4.78, 5) is 14.6. The highest BCUT2D eigenvalue weighted by atomic mass is 32.2. The lowest BCUT2D eigenvalue weighted by molar-refractivity contribution is -0.131. The minimum Gasteiger partial charge on any atom is -0.337 e. The van der Waals surface area contributed by atoms with E-state index in [1.54, 1.807) is 38.1 Å². The summed E-state index contributed by atoms with van der Waals surface area (Å²) in [7, 11) is -3.61. The molecule has 0 bridgehead atoms. The number of nitrogen functional groups attached to an aromatic ring is 1. The zero-order chi connectivity index (χ0) is 23.3. The first-order chi connectivity index (χ1) is 14.5. The highest BCUT2D eigenvalue weighted by molar-refractivity contribution is 7.99. The Labute approximate surface area is 189 Å². The molecule has 0 radical (unpaired) electrons. The Morgan fingerprint density at radius 1 is 1.13 bits per heavy atom. The van der Waals surface area contributed by atoms with Crippen LogP contribution in [0.3, 0.4) is 0 Å². The van der Waals surface area contributed by atoms with Gasteiger partial charge in [0, 0.05) is 30.7 Å². The number of amides is 1. The molecular formula is C20H32N6O3S2. The second-order valence-electron chi connectivity index (χ2n) is 7.57. The number of carbonyl (C=O) groups excluding carboxylic acids is 1. The van der Waals surface area contributed by atoms with Gasteiger partial charge in [0.25, 0.3) is 0 Å². The largest absolute Gasteiger partial charge is 0.337 e. The summed E-state index contributed by atoms with van der Waals surface area (Å²) in [6.45, 7) is 12.3. The van der Waals surface area contributed by atoms with Gasteiger partial charge in [0.1, 0.15) is 0 Å². The van der Waals surface area contributed by atoms with Crippen molar-refractivity contribution in [3.8, 4) is 11.4 Å². The summed E-state index contributed by atoms with van der Waals surface area (Å²) >= 11 is 1.20. The molecular weight excluding hydrogens is 436 g/mol. The fourth-order valence-electron chi connectivity index (χ4n) is 3.45. The number of carbonyl (C=O) groups is 1. The van der Waals surface area contributed by atoms with Crippen molar-refractivity contribution in [3.63, 3.8) is 0 Å². The van der Waals surface area contributed by atoms with E-state index in [1.165, 1.54) is 20.7 Å². The van der Waals surface area contributed by atoms with E-state index in [1.807, 2.05) is 32.6 Å². The summed E-state index contributed by atoms with van der Waals surface area (Å²) in [6, 6.07) is 6.66. The van der Waals surface area contributed by atoms with Gasteiger partial charge in [-0.25, -0.2) is 13.1 Å². The molecule has 31 heavy (non-hydrogen) atoms. The van der Waals surface area contributed by atoms with E-state index >= 15 is 0 Å². The predicted molar refractivity (Wildman–Crippen MR) is 124 cm³/mol. The van der Waals surface area contributed by atoms with Crippen LogP contribution in [0.4, 0.5) is 0 Å². The predicted octanol–water partition coefficient (Wildman–Crippen LogP) is 2.43. The fraction of sp³-hybridized carbons (Fsp3) is 0.550. The summed E-state index contributed by atoms with van der Waals surface area (Å²) in [5.41, 5.74) is 0.535. The van der Waals surface area contributed by atoms with E-state index in [-0.39, 0.29) is 28.6 Å². The molecule has 9 nitrogen and oxygen atoms in total. The van der Waals surface area contributed by atoms with Crippen LogP contribution in [0.2, 0.25) is 0 Å². The molecule has 1 amide bonds. The number of rotatable bonds is 10. The Morgan fingerprint density at radius 2 is 1.74 bits per heavy atom. The highest BCUT2D eigenvalue weighted by Gasteiger charge is 2.24. The van der Waals surface area contributed by atoms with Gasteiger partial charge in [-0.1, -0.05) is 37.7 Å². The minimum atomic E-state index is -3.61. The van der Waals surface area contributed by atoms with Gasteiger partial charge in [-0.2, -0.15) is 4.31 Å². The Balaban J connectivity index is 2.25. The maximum Gasteiger partial charge on any atom is 0.243 e. The van der Waals surface area contributed by atoms with Crippen LogP contribution < -0.4 is 5.84 Å². The first-order valence-electron chi connectivity index (χ1n) is 10.3. The monoisotopic (exact) mass is 468 g/mol. The standard InChI is InChI=1S/C20H32N6O3S2/c1-7-24(8-2)31(28,29)17-11-9-10-16(12-17)19-22-23-20(26(19)21)30-13-18(27)25(14(3)4)15(5)6/h9-12,14-15H,7-8,13,21H2,1-6H3. The molecule has 2 aromatic rings. The van der Waals surface area contributed by atoms with Gasteiger partial charge in [0.05, 0.1) is 10.6 Å². The molecule has 0 saturated heterocycles. The summed E-state index contributed by atoms with van der Waals surface area (Å²) in [5.74, 6) is 6.68. The van der Waals surface area contributed by atoms with E-state index < -0.39 is 10.0 Å². The van der Waals surface area contributed by atoms with Gasteiger partial charge in [0.15, 0.2) is 5.82 Å². The Bertz CT molecular complexity index is 992. The third-order valence-electron chi connectivity index (χ3n) is 4.83. The Morgan fingerprint density at radius 3 is 2.29 bits per heavy atom. The average molecular weight is 469 g/mol. The van der Waals surface area contributed by atoms with Gasteiger partial charge in [-0.05, 0) is 39.8 Å². The van der Waals surface area contributed by atoms with E-state index in [0.29, 0.717) is 29.6 Å². The first kappa shape index (κ1) is 25.2. The molecule has 2 rings (SSSR count). The van der Waals surface area contributed by atoms with Gasteiger partial charge >= 0.3 is 0 Å². The molecule has 0 aliphatic carbocycles. The summed E-state index contributed by atoms with van der Waals surface area (Å²) < 4.78 is 28.3. The van der Waals surface area contributed by atoms with E-state index in [4.69, 9.17) is 5.84 Å². The minimum absolute atomic E-state index is 0.00753. The molecule has 1 heterocycles. The van der Waals surface area contributed by atoms with E-state index in [0.717, 1.165) is 0 Å². The average Bonchev–Trinajstić information content (AvgIpc) is 3.07. The van der Waals surface area contributed by atoms with Crippen LogP contribution >= 0.6 is 11.8 Å². The number of sulfonamides is 1. The molecule has 0 spiro atoms. The van der Waals surface area contributed by atoms with Gasteiger partial charge in [-0.3, -0.25) is 4.79 Å². The second-order valence-corrected chi connectivity index (χ2v) is 10.5. The molecule has 11 heteroatoms. The van der Waals surface area contributed by atoms with Crippen LogP contribution in [0.5, 0.6) is 0 Å². The van der Waals surface area contributed by atoms with Crippen molar-refractivity contribution in [2.24, 2.45) is 0 Å². The zero-order valence-electron chi connectivity index (χ0n) is 18.9. The van der Waals surface area contributed by atoms with E-state index in [9.17, 15) is 13.2 Å². The first-order valence-corrected chi connectivity index (χ1v) is 12.7. The lowest BCUT2D eigenvalue weighted by Gasteiger charge is -2.30. The van der Waals surface area contributed by atoms with Crippen molar-refractivity contribution in [1.29, 1.82) is 0 Å². The number of hydrogen-bond acceptors (Lipinski definition) is 7. The molecule has 2 N–H and O–H groups in total. The molecule has 0 aliphatic rings. The number of nitrogens with zero attached hydrogens (tertiary/aromatic N) is 5. The SMILES string of the molecule is CCN(CC)S(=O)(=O)c1cccc(-c2nnc(SCC(=O)N(C(C)C)C(C)C)n2N)c1. The van der Waals surface area contributed by atoms with Crippen LogP contribution in [-0.2, 0) is 14.8 Å². The molecule has 0 saturated carbocycles. The summed E-state index contributed by atoms with van der Waals surface area (Å²) in [5, 5.41) is 8.60. The number of aromatic nitrogens is 3. The summed E-state index contributed by atoms with van der Waals surface area (Å²) in [6.07, 6.45) is 0. The van der Waals surface area contributed by atoms with E-state index in [2.05, 4.69) is 10.2 Å². The maximum atomic E-state index is 12.8. The molecule has 1 aromatic heterocycles. The Kier molecular flexibility index (Phi) is 8.49. The normalized spacial score (nSPS) is 12.2. The molecule has 0 unspecified atom stereocenters. The molecule has 0 fully saturated rings. The highest BCUT2D eigenvalue weighted by Crippen LogP contribution is 2.25. The smallest absolute Gasteiger partial charge is 0.243 e. The van der Waals surface area contributed by atoms with Crippen LogP contribution in [0, 0.1) is 0 Å². The van der Waals surface area contributed by atoms with Crippen molar-refractivity contribution in [2.45, 2.75) is 63.7 Å². The third kappa shape index (κ3) is 5.58. The fourth-order valence-corrected chi connectivity index (χ4v) is 5.68. The van der Waals surface area contributed by atoms with Crippen LogP contribution in [0.15, 0.2) is 34.3 Å². The lowest BCUT2D eigenvalue weighted by Crippen LogP contribution is -2.43. The Hall–Kier alpha value is -2.11. The van der Waals surface area contributed by atoms with Crippen molar-refractivity contribution >= 4 is 27.7 Å². The van der Waals surface area contributed by atoms with Crippen LogP contribution in [0.25, 0.3) is 11.4 Å². The molecule has 1 aromatic carbocycles. The molecule has 172 valence electrons. The topological polar surface area (TPSA) is 114 Å². The maximum absolute atomic E-state index is 12.8. The van der Waals surface area contributed by atoms with Crippen LogP contribution in [0.1, 0.15) is 41.5 Å². The second kappa shape index (κ2) is 10.5. The molecule has 0 aliphatic heterocycles. The number of thioether (sulfide) groups is 1. The van der Waals surface area contributed by atoms with Gasteiger partial charge in [-0.15, -0.1) is 10.2 Å². The number of hydrogen-bond donors (Lipinski definition) is 1. The zero-order valence-corrected chi connectivity index (χ0v) is 20.6. The number of benzene rings is 1. The van der Waals surface area contributed by atoms with Crippen molar-refractivity contribution in [3.05, 3.63) is 24.3 Å². The van der Waals surface area contributed by atoms with Gasteiger partial charge < -0.3 is 10.7 Å². The van der Waals surface area contributed by atoms with Crippen molar-refractivity contribution in [1.82, 2.24) is 24.1 Å². The lowest BCUT2D eigenvalue weighted by atomic mass is 10.2. The quantitative estimate of drug-likeness (QED) is 0.421.